The van der Waals surface area contributed by atoms with E-state index in [2.05, 4.69) is 34.3 Å². The van der Waals surface area contributed by atoms with Crippen molar-refractivity contribution < 1.29 is 35.4 Å². The van der Waals surface area contributed by atoms with Crippen LogP contribution in [-0.4, -0.2) is 61.1 Å². The monoisotopic (exact) mass is 669 g/mol. The topological polar surface area (TPSA) is 203 Å². The summed E-state index contributed by atoms with van der Waals surface area (Å²) in [4.78, 5) is 61.4. The van der Waals surface area contributed by atoms with E-state index in [0.29, 0.717) is 64.3 Å². The Labute approximate surface area is 285 Å². The van der Waals surface area contributed by atoms with Crippen molar-refractivity contribution in [2.24, 2.45) is 5.73 Å². The van der Waals surface area contributed by atoms with Gasteiger partial charge >= 0.3 is 0 Å². The number of Topliss-reactive ketones (excluding diaryl/α,β-unsaturated/α-hetero) is 1. The normalized spacial score (nSPS) is 12.3. The highest BCUT2D eigenvalue weighted by Gasteiger charge is 2.20. The number of carbonyl (C=O) groups is 5. The minimum Gasteiger partial charge on any atom is -0.368 e. The highest BCUT2D eigenvalue weighted by atomic mass is 16.2. The molecule has 11 nitrogen and oxygen atoms in total. The lowest BCUT2D eigenvalue weighted by Gasteiger charge is -2.18. The quantitative estimate of drug-likeness (QED) is 0.0570. The molecule has 0 aromatic carbocycles. The summed E-state index contributed by atoms with van der Waals surface area (Å²) >= 11 is 0. The standard InChI is InChI=1S/C36H70N6O5/c1-2-3-4-5-6-7-8-9-13-25-34(45)41-30(21-16-18-27-37)32(43)23-12-10-14-24-33(44)40-29-20-11-15-26-35(46)42-31(36(39)47)22-17-19-28-38/h30-31H,2-29,37-38H2,1H3,(H2,39,47)(H,40,44)(H,41,45)(H,42,46)/p+2. The van der Waals surface area contributed by atoms with Crippen molar-refractivity contribution in [3.8, 4) is 0 Å². The highest BCUT2D eigenvalue weighted by molar-refractivity contribution is 5.89. The van der Waals surface area contributed by atoms with E-state index in [9.17, 15) is 24.0 Å². The van der Waals surface area contributed by atoms with Crippen molar-refractivity contribution in [3.05, 3.63) is 0 Å². The van der Waals surface area contributed by atoms with Crippen molar-refractivity contribution in [1.29, 1.82) is 0 Å². The SMILES string of the molecule is CCCCCCCCCCCC(=O)NC(CCCC[NH3+])C(=O)CCCCCC(=O)NCCCCCC(=O)NC(CCCC[NH3+])C(N)=O. The van der Waals surface area contributed by atoms with E-state index in [1.807, 2.05) is 0 Å². The molecule has 0 heterocycles. The lowest BCUT2D eigenvalue weighted by atomic mass is 9.99. The largest absolute Gasteiger partial charge is 0.368 e. The predicted octanol–water partition coefficient (Wildman–Crippen LogP) is 3.38. The van der Waals surface area contributed by atoms with Gasteiger partial charge in [-0.2, -0.15) is 0 Å². The van der Waals surface area contributed by atoms with Gasteiger partial charge in [0.05, 0.1) is 19.1 Å². The molecule has 0 saturated heterocycles. The third kappa shape index (κ3) is 28.2. The van der Waals surface area contributed by atoms with E-state index in [4.69, 9.17) is 5.73 Å². The maximum Gasteiger partial charge on any atom is 0.239 e. The summed E-state index contributed by atoms with van der Waals surface area (Å²) in [6, 6.07) is -1.05. The molecule has 0 aromatic rings. The van der Waals surface area contributed by atoms with E-state index in [1.54, 1.807) is 0 Å². The van der Waals surface area contributed by atoms with Crippen molar-refractivity contribution in [1.82, 2.24) is 16.0 Å². The van der Waals surface area contributed by atoms with Crippen LogP contribution in [0.5, 0.6) is 0 Å². The number of amides is 4. The van der Waals surface area contributed by atoms with Crippen LogP contribution in [0.4, 0.5) is 0 Å². The molecule has 11 heteroatoms. The number of hydrogen-bond acceptors (Lipinski definition) is 5. The van der Waals surface area contributed by atoms with Crippen molar-refractivity contribution in [2.75, 3.05) is 19.6 Å². The number of rotatable bonds is 34. The number of primary amides is 1. The van der Waals surface area contributed by atoms with Gasteiger partial charge < -0.3 is 33.2 Å². The van der Waals surface area contributed by atoms with Crippen LogP contribution in [0.25, 0.3) is 0 Å². The molecule has 0 bridgehead atoms. The lowest BCUT2D eigenvalue weighted by molar-refractivity contribution is -0.368. The van der Waals surface area contributed by atoms with E-state index in [-0.39, 0.29) is 23.5 Å². The van der Waals surface area contributed by atoms with Crippen molar-refractivity contribution in [2.45, 2.75) is 180 Å². The second kappa shape index (κ2) is 32.0. The zero-order chi connectivity index (χ0) is 35.0. The van der Waals surface area contributed by atoms with Gasteiger partial charge in [-0.1, -0.05) is 71.1 Å². The van der Waals surface area contributed by atoms with Gasteiger partial charge in [-0.15, -0.1) is 0 Å². The van der Waals surface area contributed by atoms with Gasteiger partial charge in [-0.05, 0) is 70.6 Å². The number of carbonyl (C=O) groups excluding carboxylic acids is 5. The maximum atomic E-state index is 12.9. The number of ketones is 1. The molecule has 0 radical (unpaired) electrons. The Hall–Kier alpha value is -2.53. The van der Waals surface area contributed by atoms with Crippen LogP contribution in [0, 0.1) is 0 Å². The number of hydrogen-bond donors (Lipinski definition) is 6. The van der Waals surface area contributed by atoms with E-state index < -0.39 is 18.0 Å². The summed E-state index contributed by atoms with van der Waals surface area (Å²) < 4.78 is 0. The molecule has 0 aromatic heterocycles. The fourth-order valence-electron chi connectivity index (χ4n) is 5.62. The average Bonchev–Trinajstić information content (AvgIpc) is 3.04. The Morgan fingerprint density at radius 3 is 1.47 bits per heavy atom. The maximum absolute atomic E-state index is 12.9. The zero-order valence-corrected chi connectivity index (χ0v) is 30.0. The van der Waals surface area contributed by atoms with Gasteiger partial charge in [0.15, 0.2) is 5.78 Å². The van der Waals surface area contributed by atoms with Crippen LogP contribution in [0.1, 0.15) is 167 Å². The summed E-state index contributed by atoms with van der Waals surface area (Å²) in [7, 11) is 0. The molecule has 0 saturated carbocycles. The highest BCUT2D eigenvalue weighted by Crippen LogP contribution is 2.12. The van der Waals surface area contributed by atoms with Gasteiger partial charge in [0.1, 0.15) is 6.04 Å². The Bertz CT molecular complexity index is 841. The van der Waals surface area contributed by atoms with Crippen LogP contribution in [0.3, 0.4) is 0 Å². The molecule has 0 rings (SSSR count). The molecule has 0 aliphatic carbocycles. The summed E-state index contributed by atoms with van der Waals surface area (Å²) in [5.74, 6) is -0.618. The molecule has 274 valence electrons. The molecule has 0 aliphatic rings. The predicted molar refractivity (Wildman–Crippen MR) is 188 cm³/mol. The van der Waals surface area contributed by atoms with Gasteiger partial charge in [0, 0.05) is 32.2 Å². The molecular weight excluding hydrogens is 596 g/mol. The molecule has 0 fully saturated rings. The average molecular weight is 669 g/mol. The minimum atomic E-state index is -0.628. The summed E-state index contributed by atoms with van der Waals surface area (Å²) in [6.45, 7) is 4.40. The first kappa shape index (κ1) is 44.5. The van der Waals surface area contributed by atoms with Crippen molar-refractivity contribution in [3.63, 3.8) is 0 Å². The molecule has 11 N–H and O–H groups in total. The number of quaternary nitrogens is 2. The number of unbranched alkanes of at least 4 members (excludes halogenated alkanes) is 14. The second-order valence-electron chi connectivity index (χ2n) is 13.1. The molecular formula is C36H72N6O5+2. The Balaban J connectivity index is 4.08. The summed E-state index contributed by atoms with van der Waals surface area (Å²) in [6.07, 6.45) is 21.6. The third-order valence-electron chi connectivity index (χ3n) is 8.63. The van der Waals surface area contributed by atoms with Gasteiger partial charge in [0.2, 0.25) is 23.6 Å². The van der Waals surface area contributed by atoms with Crippen molar-refractivity contribution >= 4 is 29.4 Å². The smallest absolute Gasteiger partial charge is 0.239 e. The Kier molecular flexibility index (Phi) is 30.3. The lowest BCUT2D eigenvalue weighted by Crippen LogP contribution is -2.50. The van der Waals surface area contributed by atoms with Crippen LogP contribution < -0.4 is 33.2 Å². The van der Waals surface area contributed by atoms with Gasteiger partial charge in [0.25, 0.3) is 0 Å². The molecule has 4 amide bonds. The third-order valence-corrected chi connectivity index (χ3v) is 8.63. The first-order chi connectivity index (χ1) is 22.7. The van der Waals surface area contributed by atoms with Crippen LogP contribution in [0.2, 0.25) is 0 Å². The van der Waals surface area contributed by atoms with E-state index >= 15 is 0 Å². The van der Waals surface area contributed by atoms with E-state index in [0.717, 1.165) is 70.9 Å². The number of nitrogens with two attached hydrogens (primary N) is 1. The summed E-state index contributed by atoms with van der Waals surface area (Å²) in [5.41, 5.74) is 13.1. The van der Waals surface area contributed by atoms with Crippen LogP contribution in [0.15, 0.2) is 0 Å². The second-order valence-corrected chi connectivity index (χ2v) is 13.1. The fraction of sp³-hybridized carbons (Fsp3) is 0.861. The molecule has 47 heavy (non-hydrogen) atoms. The minimum absolute atomic E-state index is 0.00421. The Morgan fingerprint density at radius 1 is 0.511 bits per heavy atom. The van der Waals surface area contributed by atoms with Crippen LogP contribution >= 0.6 is 0 Å². The summed E-state index contributed by atoms with van der Waals surface area (Å²) in [5, 5.41) is 8.66. The van der Waals surface area contributed by atoms with Gasteiger partial charge in [-0.25, -0.2) is 0 Å². The molecule has 2 unspecified atom stereocenters. The Morgan fingerprint density at radius 2 is 0.936 bits per heavy atom. The first-order valence-corrected chi connectivity index (χ1v) is 19.0. The first-order valence-electron chi connectivity index (χ1n) is 19.0. The van der Waals surface area contributed by atoms with E-state index in [1.165, 1.54) is 44.9 Å². The zero-order valence-electron chi connectivity index (χ0n) is 30.0. The number of nitrogens with one attached hydrogen (secondary N) is 3. The molecule has 2 atom stereocenters. The van der Waals surface area contributed by atoms with Crippen LogP contribution in [-0.2, 0) is 24.0 Å². The molecule has 0 aliphatic heterocycles. The fourth-order valence-corrected chi connectivity index (χ4v) is 5.62. The molecule has 0 spiro atoms. The van der Waals surface area contributed by atoms with Gasteiger partial charge in [-0.3, -0.25) is 24.0 Å².